The standard InChI is InChI=1S/C16H18BrClN6O3/c17-12-9-23(20-16(12)24(26)27)11-22-7-5-21(6-8-22)10-15(25)19-14-4-2-1-3-13(14)18/h1-4,9H,5-8,10-11H2,(H,19,25). The molecule has 1 aliphatic rings. The molecule has 1 aromatic carbocycles. The van der Waals surface area contributed by atoms with E-state index >= 15 is 0 Å². The van der Waals surface area contributed by atoms with Gasteiger partial charge in [-0.05, 0) is 33.0 Å². The second-order valence-corrected chi connectivity index (χ2v) is 7.42. The lowest BCUT2D eigenvalue weighted by Gasteiger charge is -2.33. The van der Waals surface area contributed by atoms with E-state index in [-0.39, 0.29) is 18.3 Å². The van der Waals surface area contributed by atoms with Crippen LogP contribution in [0, 0.1) is 10.1 Å². The van der Waals surface area contributed by atoms with Crippen molar-refractivity contribution in [1.82, 2.24) is 19.6 Å². The molecule has 11 heteroatoms. The first-order chi connectivity index (χ1) is 12.9. The van der Waals surface area contributed by atoms with Crippen molar-refractivity contribution < 1.29 is 9.72 Å². The number of nitrogens with zero attached hydrogens (tertiary/aromatic N) is 5. The lowest BCUT2D eigenvalue weighted by atomic mass is 10.3. The van der Waals surface area contributed by atoms with Crippen LogP contribution in [-0.4, -0.2) is 63.1 Å². The second-order valence-electron chi connectivity index (χ2n) is 6.16. The molecule has 1 N–H and O–H groups in total. The van der Waals surface area contributed by atoms with Gasteiger partial charge >= 0.3 is 5.82 Å². The van der Waals surface area contributed by atoms with Crippen LogP contribution in [0.4, 0.5) is 11.5 Å². The van der Waals surface area contributed by atoms with Crippen LogP contribution in [-0.2, 0) is 11.5 Å². The molecule has 0 aliphatic carbocycles. The van der Waals surface area contributed by atoms with E-state index in [9.17, 15) is 14.9 Å². The Morgan fingerprint density at radius 3 is 2.56 bits per heavy atom. The molecule has 1 aliphatic heterocycles. The van der Waals surface area contributed by atoms with Crippen molar-refractivity contribution in [2.24, 2.45) is 0 Å². The summed E-state index contributed by atoms with van der Waals surface area (Å²) in [6.07, 6.45) is 1.60. The van der Waals surface area contributed by atoms with Gasteiger partial charge in [0.25, 0.3) is 0 Å². The van der Waals surface area contributed by atoms with Gasteiger partial charge in [-0.15, -0.1) is 0 Å². The number of nitrogens with one attached hydrogen (secondary N) is 1. The summed E-state index contributed by atoms with van der Waals surface area (Å²) >= 11 is 9.20. The lowest BCUT2D eigenvalue weighted by Crippen LogP contribution is -2.48. The Morgan fingerprint density at radius 1 is 1.26 bits per heavy atom. The van der Waals surface area contributed by atoms with Crippen LogP contribution in [0.5, 0.6) is 0 Å². The Kier molecular flexibility index (Phi) is 6.42. The minimum atomic E-state index is -0.518. The van der Waals surface area contributed by atoms with Crippen molar-refractivity contribution in [2.45, 2.75) is 6.67 Å². The van der Waals surface area contributed by atoms with E-state index in [2.05, 4.69) is 36.1 Å². The van der Waals surface area contributed by atoms with Gasteiger partial charge in [0, 0.05) is 26.2 Å². The average molecular weight is 458 g/mol. The van der Waals surface area contributed by atoms with Gasteiger partial charge in [-0.3, -0.25) is 14.6 Å². The number of anilines is 1. The predicted octanol–water partition coefficient (Wildman–Crippen LogP) is 2.42. The average Bonchev–Trinajstić information content (AvgIpc) is 2.99. The zero-order valence-corrected chi connectivity index (χ0v) is 16.7. The summed E-state index contributed by atoms with van der Waals surface area (Å²) in [7, 11) is 0. The predicted molar refractivity (Wildman–Crippen MR) is 105 cm³/mol. The minimum absolute atomic E-state index is 0.108. The number of amides is 1. The first kappa shape index (κ1) is 19.7. The Balaban J connectivity index is 1.46. The Morgan fingerprint density at radius 2 is 1.93 bits per heavy atom. The van der Waals surface area contributed by atoms with Crippen LogP contribution >= 0.6 is 27.5 Å². The van der Waals surface area contributed by atoms with Crippen LogP contribution in [0.3, 0.4) is 0 Å². The fourth-order valence-corrected chi connectivity index (χ4v) is 3.48. The molecule has 0 atom stereocenters. The molecule has 1 fully saturated rings. The highest BCUT2D eigenvalue weighted by Crippen LogP contribution is 2.22. The van der Waals surface area contributed by atoms with Crippen LogP contribution in [0.15, 0.2) is 34.9 Å². The number of rotatable bonds is 6. The topological polar surface area (TPSA) is 96.5 Å². The molecule has 0 bridgehead atoms. The SMILES string of the molecule is O=C(CN1CCN(Cn2cc(Br)c([N+](=O)[O-])n2)CC1)Nc1ccccc1Cl. The number of piperazine rings is 1. The molecule has 0 unspecified atom stereocenters. The largest absolute Gasteiger partial charge is 0.404 e. The number of hydrogen-bond acceptors (Lipinski definition) is 6. The molecule has 0 spiro atoms. The number of aromatic nitrogens is 2. The van der Waals surface area contributed by atoms with Gasteiger partial charge < -0.3 is 15.4 Å². The molecule has 27 heavy (non-hydrogen) atoms. The van der Waals surface area contributed by atoms with Gasteiger partial charge in [-0.1, -0.05) is 23.7 Å². The Hall–Kier alpha value is -2.01. The zero-order chi connectivity index (χ0) is 19.4. The number of benzene rings is 1. The number of carbonyl (C=O) groups excluding carboxylic acids is 1. The van der Waals surface area contributed by atoms with Crippen molar-refractivity contribution in [3.8, 4) is 0 Å². The summed E-state index contributed by atoms with van der Waals surface area (Å²) in [6, 6.07) is 7.12. The first-order valence-electron chi connectivity index (χ1n) is 8.29. The van der Waals surface area contributed by atoms with E-state index in [0.717, 1.165) is 26.2 Å². The van der Waals surface area contributed by atoms with E-state index in [4.69, 9.17) is 11.6 Å². The van der Waals surface area contributed by atoms with Crippen LogP contribution in [0.1, 0.15) is 0 Å². The van der Waals surface area contributed by atoms with E-state index in [1.54, 1.807) is 23.0 Å². The molecule has 1 saturated heterocycles. The first-order valence-corrected chi connectivity index (χ1v) is 9.46. The van der Waals surface area contributed by atoms with E-state index in [1.807, 2.05) is 12.1 Å². The monoisotopic (exact) mass is 456 g/mol. The maximum absolute atomic E-state index is 12.2. The molecular formula is C16H18BrClN6O3. The van der Waals surface area contributed by atoms with Gasteiger partial charge in [0.1, 0.15) is 11.1 Å². The van der Waals surface area contributed by atoms with Gasteiger partial charge in [-0.25, -0.2) is 0 Å². The second kappa shape index (κ2) is 8.79. The number of nitro groups is 1. The summed E-state index contributed by atoms with van der Waals surface area (Å²) in [6.45, 7) is 3.68. The number of hydrogen-bond donors (Lipinski definition) is 1. The third kappa shape index (κ3) is 5.25. The van der Waals surface area contributed by atoms with Crippen molar-refractivity contribution in [1.29, 1.82) is 0 Å². The number of carbonyl (C=O) groups is 1. The smallest absolute Gasteiger partial charge is 0.358 e. The van der Waals surface area contributed by atoms with Crippen molar-refractivity contribution in [2.75, 3.05) is 38.0 Å². The molecular weight excluding hydrogens is 440 g/mol. The van der Waals surface area contributed by atoms with E-state index < -0.39 is 4.92 Å². The van der Waals surface area contributed by atoms with Crippen LogP contribution in [0.25, 0.3) is 0 Å². The molecule has 0 radical (unpaired) electrons. The summed E-state index contributed by atoms with van der Waals surface area (Å²) in [4.78, 5) is 26.7. The Bertz CT molecular complexity index is 837. The summed E-state index contributed by atoms with van der Waals surface area (Å²) < 4.78 is 1.91. The van der Waals surface area contributed by atoms with Gasteiger partial charge in [0.15, 0.2) is 0 Å². The zero-order valence-electron chi connectivity index (χ0n) is 14.3. The lowest BCUT2D eigenvalue weighted by molar-refractivity contribution is -0.390. The summed E-state index contributed by atoms with van der Waals surface area (Å²) in [5.74, 6) is -0.298. The highest BCUT2D eigenvalue weighted by Gasteiger charge is 2.23. The molecule has 9 nitrogen and oxygen atoms in total. The van der Waals surface area contributed by atoms with Gasteiger partial charge in [-0.2, -0.15) is 4.68 Å². The molecule has 0 saturated carbocycles. The van der Waals surface area contributed by atoms with Gasteiger partial charge in [0.2, 0.25) is 5.91 Å². The third-order valence-electron chi connectivity index (χ3n) is 4.20. The highest BCUT2D eigenvalue weighted by molar-refractivity contribution is 9.10. The minimum Gasteiger partial charge on any atom is -0.358 e. The summed E-state index contributed by atoms with van der Waals surface area (Å²) in [5.41, 5.74) is 0.605. The molecule has 1 aromatic heterocycles. The molecule has 1 amide bonds. The third-order valence-corrected chi connectivity index (χ3v) is 5.09. The van der Waals surface area contributed by atoms with Crippen molar-refractivity contribution in [3.05, 3.63) is 50.1 Å². The molecule has 144 valence electrons. The maximum atomic E-state index is 12.2. The van der Waals surface area contributed by atoms with Crippen LogP contribution < -0.4 is 5.32 Å². The molecule has 3 rings (SSSR count). The maximum Gasteiger partial charge on any atom is 0.404 e. The van der Waals surface area contributed by atoms with Crippen LogP contribution in [0.2, 0.25) is 5.02 Å². The van der Waals surface area contributed by atoms with Gasteiger partial charge in [0.05, 0.1) is 28.6 Å². The number of para-hydroxylation sites is 1. The van der Waals surface area contributed by atoms with Crippen molar-refractivity contribution >= 4 is 44.9 Å². The summed E-state index contributed by atoms with van der Waals surface area (Å²) in [5, 5.41) is 18.2. The van der Waals surface area contributed by atoms with Crippen molar-refractivity contribution in [3.63, 3.8) is 0 Å². The quantitative estimate of drug-likeness (QED) is 0.529. The molecule has 2 heterocycles. The number of halogens is 2. The highest BCUT2D eigenvalue weighted by atomic mass is 79.9. The van der Waals surface area contributed by atoms with E-state index in [1.165, 1.54) is 0 Å². The normalized spacial score (nSPS) is 15.6. The Labute approximate surface area is 169 Å². The molecule has 2 aromatic rings. The van der Waals surface area contributed by atoms with E-state index in [0.29, 0.717) is 21.9 Å². The fourth-order valence-electron chi connectivity index (χ4n) is 2.83. The fraction of sp³-hybridized carbons (Fsp3) is 0.375.